The number of Topliss-reactive ketones (excluding diaryl/α,β-unsaturated/α-hetero) is 1. The molecule has 0 spiro atoms. The van der Waals surface area contributed by atoms with E-state index in [-0.39, 0.29) is 37.0 Å². The summed E-state index contributed by atoms with van der Waals surface area (Å²) in [6.07, 6.45) is 3.69. The summed E-state index contributed by atoms with van der Waals surface area (Å²) in [5, 5.41) is 3.24. The number of benzene rings is 2. The van der Waals surface area contributed by atoms with Gasteiger partial charge in [-0.15, -0.1) is 0 Å². The van der Waals surface area contributed by atoms with E-state index in [1.54, 1.807) is 65.8 Å². The fourth-order valence-corrected chi connectivity index (χ4v) is 4.95. The molecule has 1 aliphatic rings. The zero-order valence-electron chi connectivity index (χ0n) is 22.1. The maximum Gasteiger partial charge on any atom is 0.260 e. The predicted molar refractivity (Wildman–Crippen MR) is 152 cm³/mol. The summed E-state index contributed by atoms with van der Waals surface area (Å²) in [7, 11) is 1.48. The van der Waals surface area contributed by atoms with Gasteiger partial charge in [-0.05, 0) is 72.1 Å². The molecule has 8 nitrogen and oxygen atoms in total. The lowest BCUT2D eigenvalue weighted by atomic mass is 9.99. The number of rotatable bonds is 7. The molecule has 0 unspecified atom stereocenters. The number of amides is 2. The monoisotopic (exact) mass is 554 g/mol. The van der Waals surface area contributed by atoms with Crippen molar-refractivity contribution in [1.29, 1.82) is 0 Å². The van der Waals surface area contributed by atoms with Crippen molar-refractivity contribution in [3.8, 4) is 5.75 Å². The Labute approximate surface area is 237 Å². The lowest BCUT2D eigenvalue weighted by molar-refractivity contribution is -0.122. The maximum absolute atomic E-state index is 13.9. The summed E-state index contributed by atoms with van der Waals surface area (Å²) in [5.74, 6) is 0.00794. The number of nitrogens with zero attached hydrogens (tertiary/aromatic N) is 3. The fourth-order valence-electron chi connectivity index (χ4n) is 4.76. The molecule has 202 valence electrons. The van der Waals surface area contributed by atoms with E-state index >= 15 is 0 Å². The first-order chi connectivity index (χ1) is 19.3. The molecule has 0 fully saturated rings. The van der Waals surface area contributed by atoms with E-state index in [0.717, 1.165) is 5.56 Å². The van der Waals surface area contributed by atoms with Crippen molar-refractivity contribution in [2.45, 2.75) is 32.4 Å². The van der Waals surface area contributed by atoms with E-state index in [0.29, 0.717) is 44.5 Å². The fraction of sp³-hybridized carbons (Fsp3) is 0.194. The van der Waals surface area contributed by atoms with Crippen molar-refractivity contribution in [2.75, 3.05) is 12.4 Å². The zero-order chi connectivity index (χ0) is 28.2. The number of halogens is 1. The molecule has 0 bridgehead atoms. The molecule has 1 atom stereocenters. The number of ether oxygens (including phenoxy) is 1. The highest BCUT2D eigenvalue weighted by Gasteiger charge is 2.36. The standard InChI is InChI=1S/C31H27ClN4O4/c1-19-6-11-29(34-17-19)35-30(38)25-9-7-20(13-28(25)40-2)18-36-26(16-23-5-3-4-12-33-23)27(37)15-21-14-22(32)8-10-24(21)31(36)39/h3-14,17,26H,15-16,18H2,1-2H3,(H,34,35,38)/t26-/m1/s1. The summed E-state index contributed by atoms with van der Waals surface area (Å²) >= 11 is 6.19. The van der Waals surface area contributed by atoms with Gasteiger partial charge >= 0.3 is 0 Å². The highest BCUT2D eigenvalue weighted by atomic mass is 35.5. The number of aromatic nitrogens is 2. The Balaban J connectivity index is 1.46. The van der Waals surface area contributed by atoms with Crippen LogP contribution in [0.25, 0.3) is 0 Å². The van der Waals surface area contributed by atoms with Gasteiger partial charge in [-0.1, -0.05) is 29.8 Å². The molecule has 0 saturated heterocycles. The number of fused-ring (bicyclic) bond motifs is 1. The van der Waals surface area contributed by atoms with E-state index in [4.69, 9.17) is 16.3 Å². The summed E-state index contributed by atoms with van der Waals surface area (Å²) in [6.45, 7) is 2.04. The van der Waals surface area contributed by atoms with Crippen molar-refractivity contribution in [1.82, 2.24) is 14.9 Å². The minimum atomic E-state index is -0.741. The number of aryl methyl sites for hydroxylation is 1. The lowest BCUT2D eigenvalue weighted by Gasteiger charge is -2.29. The quantitative estimate of drug-likeness (QED) is 0.342. The number of pyridine rings is 2. The Bertz CT molecular complexity index is 1570. The molecule has 4 aromatic rings. The summed E-state index contributed by atoms with van der Waals surface area (Å²) in [5.41, 5.74) is 3.74. The Morgan fingerprint density at radius 3 is 2.65 bits per heavy atom. The van der Waals surface area contributed by atoms with Gasteiger partial charge in [-0.25, -0.2) is 4.98 Å². The molecule has 2 amide bonds. The number of methoxy groups -OCH3 is 1. The van der Waals surface area contributed by atoms with Crippen LogP contribution in [-0.4, -0.2) is 45.6 Å². The van der Waals surface area contributed by atoms with Crippen LogP contribution in [-0.2, 0) is 24.2 Å². The summed E-state index contributed by atoms with van der Waals surface area (Å²) < 4.78 is 5.54. The zero-order valence-corrected chi connectivity index (χ0v) is 22.8. The van der Waals surface area contributed by atoms with E-state index in [2.05, 4.69) is 15.3 Å². The van der Waals surface area contributed by atoms with Gasteiger partial charge in [0.1, 0.15) is 11.6 Å². The van der Waals surface area contributed by atoms with E-state index in [1.807, 2.05) is 25.1 Å². The molecule has 0 radical (unpaired) electrons. The van der Waals surface area contributed by atoms with Gasteiger partial charge in [0.15, 0.2) is 5.78 Å². The molecule has 0 saturated carbocycles. The third-order valence-electron chi connectivity index (χ3n) is 6.82. The van der Waals surface area contributed by atoms with Crippen LogP contribution in [0.1, 0.15) is 43.1 Å². The van der Waals surface area contributed by atoms with Gasteiger partial charge in [0.05, 0.1) is 18.7 Å². The van der Waals surface area contributed by atoms with Crippen molar-refractivity contribution in [2.24, 2.45) is 0 Å². The van der Waals surface area contributed by atoms with Crippen LogP contribution < -0.4 is 10.1 Å². The molecular weight excluding hydrogens is 528 g/mol. The number of anilines is 1. The second-order valence-corrected chi connectivity index (χ2v) is 10.1. The van der Waals surface area contributed by atoms with Crippen molar-refractivity contribution < 1.29 is 19.1 Å². The van der Waals surface area contributed by atoms with Gasteiger partial charge < -0.3 is 15.0 Å². The third-order valence-corrected chi connectivity index (χ3v) is 7.05. The molecule has 0 aliphatic carbocycles. The topological polar surface area (TPSA) is 101 Å². The predicted octanol–water partition coefficient (Wildman–Crippen LogP) is 5.08. The van der Waals surface area contributed by atoms with Gasteiger partial charge in [-0.2, -0.15) is 0 Å². The molecule has 2 aromatic carbocycles. The first-order valence-electron chi connectivity index (χ1n) is 12.8. The molecule has 2 aromatic heterocycles. The van der Waals surface area contributed by atoms with E-state index in [9.17, 15) is 14.4 Å². The van der Waals surface area contributed by atoms with Crippen molar-refractivity contribution >= 4 is 35.0 Å². The van der Waals surface area contributed by atoms with Gasteiger partial charge in [0.25, 0.3) is 11.8 Å². The van der Waals surface area contributed by atoms with Crippen LogP contribution in [0, 0.1) is 6.92 Å². The van der Waals surface area contributed by atoms with Gasteiger partial charge in [0, 0.05) is 48.1 Å². The number of ketones is 1. The van der Waals surface area contributed by atoms with Crippen LogP contribution in [0.15, 0.2) is 79.1 Å². The first-order valence-corrected chi connectivity index (χ1v) is 13.1. The molecule has 1 N–H and O–H groups in total. The van der Waals surface area contributed by atoms with Crippen LogP contribution in [0.3, 0.4) is 0 Å². The van der Waals surface area contributed by atoms with E-state index in [1.165, 1.54) is 7.11 Å². The molecule has 3 heterocycles. The number of nitrogens with one attached hydrogen (secondary N) is 1. The SMILES string of the molecule is COc1cc(CN2C(=O)c3ccc(Cl)cc3CC(=O)[C@H]2Cc2ccccn2)ccc1C(=O)Nc1ccc(C)cn1. The molecule has 40 heavy (non-hydrogen) atoms. The number of carbonyl (C=O) groups is 3. The Hall–Kier alpha value is -4.56. The number of hydrogen-bond acceptors (Lipinski definition) is 6. The highest BCUT2D eigenvalue weighted by molar-refractivity contribution is 6.30. The van der Waals surface area contributed by atoms with E-state index < -0.39 is 6.04 Å². The Morgan fingerprint density at radius 1 is 1.07 bits per heavy atom. The Kier molecular flexibility index (Phi) is 7.89. The normalized spacial score (nSPS) is 14.9. The smallest absolute Gasteiger partial charge is 0.260 e. The largest absolute Gasteiger partial charge is 0.496 e. The third kappa shape index (κ3) is 5.87. The maximum atomic E-state index is 13.9. The minimum Gasteiger partial charge on any atom is -0.496 e. The first kappa shape index (κ1) is 27.0. The number of carbonyl (C=O) groups excluding carboxylic acids is 3. The van der Waals surface area contributed by atoms with Crippen molar-refractivity contribution in [3.63, 3.8) is 0 Å². The second-order valence-electron chi connectivity index (χ2n) is 9.63. The summed E-state index contributed by atoms with van der Waals surface area (Å²) in [6, 6.07) is 18.4. The Morgan fingerprint density at radius 2 is 1.93 bits per heavy atom. The van der Waals surface area contributed by atoms with Crippen LogP contribution >= 0.6 is 11.6 Å². The second kappa shape index (κ2) is 11.7. The lowest BCUT2D eigenvalue weighted by Crippen LogP contribution is -2.45. The van der Waals surface area contributed by atoms with Crippen LogP contribution in [0.4, 0.5) is 5.82 Å². The van der Waals surface area contributed by atoms with Gasteiger partial charge in [-0.3, -0.25) is 19.4 Å². The molecule has 1 aliphatic heterocycles. The summed E-state index contributed by atoms with van der Waals surface area (Å²) in [4.78, 5) is 50.6. The van der Waals surface area contributed by atoms with Crippen molar-refractivity contribution in [3.05, 3.63) is 118 Å². The molecular formula is C31H27ClN4O4. The molecule has 9 heteroatoms. The highest BCUT2D eigenvalue weighted by Crippen LogP contribution is 2.28. The average Bonchev–Trinajstić information content (AvgIpc) is 3.04. The van der Waals surface area contributed by atoms with Gasteiger partial charge in [0.2, 0.25) is 0 Å². The average molecular weight is 555 g/mol. The number of hydrogen-bond donors (Lipinski definition) is 1. The molecule has 5 rings (SSSR count). The van der Waals surface area contributed by atoms with Crippen LogP contribution in [0.5, 0.6) is 5.75 Å². The minimum absolute atomic E-state index is 0.0884. The van der Waals surface area contributed by atoms with Crippen LogP contribution in [0.2, 0.25) is 5.02 Å².